The number of hydrogen-bond acceptors (Lipinski definition) is 3. The zero-order valence-corrected chi connectivity index (χ0v) is 14.8. The molecule has 2 aromatic rings. The normalized spacial score (nSPS) is 10.2. The third-order valence-corrected chi connectivity index (χ3v) is 3.48. The molecule has 0 bridgehead atoms. The SMILES string of the molecule is CC(=O)Nc1cc(NC(C)=O)cc(C(=O)N(C)Cc2cccc(F)c2)c1. The van der Waals surface area contributed by atoms with Gasteiger partial charge in [-0.15, -0.1) is 0 Å². The van der Waals surface area contributed by atoms with Crippen molar-refractivity contribution in [1.82, 2.24) is 4.90 Å². The largest absolute Gasteiger partial charge is 0.337 e. The average Bonchev–Trinajstić information content (AvgIpc) is 2.52. The van der Waals surface area contributed by atoms with Gasteiger partial charge in [0.15, 0.2) is 0 Å². The van der Waals surface area contributed by atoms with Crippen molar-refractivity contribution < 1.29 is 18.8 Å². The predicted octanol–water partition coefficient (Wildman–Crippen LogP) is 3.01. The Morgan fingerprint density at radius 1 is 0.962 bits per heavy atom. The Balaban J connectivity index is 2.27. The number of benzene rings is 2. The van der Waals surface area contributed by atoms with E-state index in [1.54, 1.807) is 25.2 Å². The van der Waals surface area contributed by atoms with Crippen LogP contribution < -0.4 is 10.6 Å². The van der Waals surface area contributed by atoms with E-state index in [2.05, 4.69) is 10.6 Å². The monoisotopic (exact) mass is 357 g/mol. The van der Waals surface area contributed by atoms with Gasteiger partial charge in [0.1, 0.15) is 5.82 Å². The van der Waals surface area contributed by atoms with Crippen LogP contribution in [0.1, 0.15) is 29.8 Å². The first-order chi connectivity index (χ1) is 12.2. The number of anilines is 2. The van der Waals surface area contributed by atoms with Crippen molar-refractivity contribution in [3.8, 4) is 0 Å². The van der Waals surface area contributed by atoms with Crippen LogP contribution in [0.3, 0.4) is 0 Å². The van der Waals surface area contributed by atoms with Gasteiger partial charge < -0.3 is 15.5 Å². The zero-order chi connectivity index (χ0) is 19.3. The van der Waals surface area contributed by atoms with Gasteiger partial charge in [-0.25, -0.2) is 4.39 Å². The van der Waals surface area contributed by atoms with Crippen LogP contribution >= 0.6 is 0 Å². The molecule has 0 atom stereocenters. The van der Waals surface area contributed by atoms with Crippen LogP contribution in [0.5, 0.6) is 0 Å². The highest BCUT2D eigenvalue weighted by atomic mass is 19.1. The Hall–Kier alpha value is -3.22. The minimum Gasteiger partial charge on any atom is -0.337 e. The molecule has 2 N–H and O–H groups in total. The molecule has 0 aliphatic carbocycles. The van der Waals surface area contributed by atoms with Gasteiger partial charge in [-0.05, 0) is 35.9 Å². The van der Waals surface area contributed by atoms with Gasteiger partial charge >= 0.3 is 0 Å². The smallest absolute Gasteiger partial charge is 0.254 e. The number of carbonyl (C=O) groups excluding carboxylic acids is 3. The molecule has 0 fully saturated rings. The van der Waals surface area contributed by atoms with Crippen molar-refractivity contribution in [3.63, 3.8) is 0 Å². The van der Waals surface area contributed by atoms with E-state index in [1.807, 2.05) is 0 Å². The summed E-state index contributed by atoms with van der Waals surface area (Å²) >= 11 is 0. The van der Waals surface area contributed by atoms with E-state index in [4.69, 9.17) is 0 Å². The Kier molecular flexibility index (Phi) is 6.06. The fraction of sp³-hybridized carbons (Fsp3) is 0.211. The lowest BCUT2D eigenvalue weighted by molar-refractivity contribution is -0.115. The first-order valence-electron chi connectivity index (χ1n) is 7.95. The topological polar surface area (TPSA) is 78.5 Å². The van der Waals surface area contributed by atoms with Gasteiger partial charge in [-0.1, -0.05) is 12.1 Å². The molecule has 2 aromatic carbocycles. The molecule has 7 heteroatoms. The van der Waals surface area contributed by atoms with Crippen LogP contribution in [0.25, 0.3) is 0 Å². The van der Waals surface area contributed by atoms with Crippen molar-refractivity contribution in [1.29, 1.82) is 0 Å². The lowest BCUT2D eigenvalue weighted by atomic mass is 10.1. The first-order valence-corrected chi connectivity index (χ1v) is 7.95. The van der Waals surface area contributed by atoms with Gasteiger partial charge in [0, 0.05) is 44.4 Å². The maximum absolute atomic E-state index is 13.3. The summed E-state index contributed by atoms with van der Waals surface area (Å²) in [6.07, 6.45) is 0. The fourth-order valence-electron chi connectivity index (χ4n) is 2.50. The van der Waals surface area contributed by atoms with E-state index < -0.39 is 0 Å². The molecule has 6 nitrogen and oxygen atoms in total. The number of carbonyl (C=O) groups is 3. The third-order valence-electron chi connectivity index (χ3n) is 3.48. The summed E-state index contributed by atoms with van der Waals surface area (Å²) in [5.74, 6) is -1.29. The molecule has 0 unspecified atom stereocenters. The summed E-state index contributed by atoms with van der Waals surface area (Å²) in [4.78, 5) is 36.8. The number of halogens is 1. The van der Waals surface area contributed by atoms with E-state index >= 15 is 0 Å². The molecule has 0 saturated carbocycles. The molecule has 0 spiro atoms. The van der Waals surface area contributed by atoms with E-state index in [0.29, 0.717) is 22.5 Å². The van der Waals surface area contributed by atoms with E-state index in [-0.39, 0.29) is 30.1 Å². The summed E-state index contributed by atoms with van der Waals surface area (Å²) in [5.41, 5.74) is 1.73. The molecule has 2 rings (SSSR count). The maximum Gasteiger partial charge on any atom is 0.254 e. The van der Waals surface area contributed by atoms with Crippen molar-refractivity contribution in [2.24, 2.45) is 0 Å². The molecule has 26 heavy (non-hydrogen) atoms. The van der Waals surface area contributed by atoms with Gasteiger partial charge in [-0.3, -0.25) is 14.4 Å². The second kappa shape index (κ2) is 8.24. The maximum atomic E-state index is 13.3. The standard InChI is InChI=1S/C19H20FN3O3/c1-12(24)21-17-8-15(9-18(10-17)22-13(2)25)19(26)23(3)11-14-5-4-6-16(20)7-14/h4-10H,11H2,1-3H3,(H,21,24)(H,22,25). The van der Waals surface area contributed by atoms with Gasteiger partial charge in [0.25, 0.3) is 5.91 Å². The summed E-state index contributed by atoms with van der Waals surface area (Å²) in [6, 6.07) is 10.6. The van der Waals surface area contributed by atoms with Crippen LogP contribution in [0, 0.1) is 5.82 Å². The van der Waals surface area contributed by atoms with Gasteiger partial charge in [0.05, 0.1) is 0 Å². The van der Waals surface area contributed by atoms with Crippen LogP contribution in [-0.2, 0) is 16.1 Å². The highest BCUT2D eigenvalue weighted by Gasteiger charge is 2.15. The number of nitrogens with one attached hydrogen (secondary N) is 2. The molecule has 0 aliphatic rings. The first kappa shape index (κ1) is 19.1. The summed E-state index contributed by atoms with van der Waals surface area (Å²) in [7, 11) is 1.59. The van der Waals surface area contributed by atoms with E-state index in [0.717, 1.165) is 0 Å². The summed E-state index contributed by atoms with van der Waals surface area (Å²) in [5, 5.41) is 5.20. The Morgan fingerprint density at radius 3 is 2.04 bits per heavy atom. The number of amides is 3. The van der Waals surface area contributed by atoms with Crippen LogP contribution in [-0.4, -0.2) is 29.7 Å². The van der Waals surface area contributed by atoms with Crippen LogP contribution in [0.2, 0.25) is 0 Å². The summed E-state index contributed by atoms with van der Waals surface area (Å²) in [6.45, 7) is 2.92. The highest BCUT2D eigenvalue weighted by molar-refractivity contribution is 5.99. The van der Waals surface area contributed by atoms with Gasteiger partial charge in [0.2, 0.25) is 11.8 Å². The van der Waals surface area contributed by atoms with E-state index in [9.17, 15) is 18.8 Å². The lowest BCUT2D eigenvalue weighted by Gasteiger charge is -2.19. The number of rotatable bonds is 5. The minimum atomic E-state index is -0.371. The molecule has 0 saturated heterocycles. The molecular weight excluding hydrogens is 337 g/mol. The molecule has 0 aliphatic heterocycles. The Labute approximate surface area is 151 Å². The van der Waals surface area contributed by atoms with Gasteiger partial charge in [-0.2, -0.15) is 0 Å². The van der Waals surface area contributed by atoms with Crippen LogP contribution in [0.4, 0.5) is 15.8 Å². The Morgan fingerprint density at radius 2 is 1.54 bits per heavy atom. The van der Waals surface area contributed by atoms with Crippen molar-refractivity contribution in [2.75, 3.05) is 17.7 Å². The minimum absolute atomic E-state index is 0.219. The third kappa shape index (κ3) is 5.41. The molecule has 0 aromatic heterocycles. The van der Waals surface area contributed by atoms with Crippen molar-refractivity contribution in [3.05, 3.63) is 59.4 Å². The van der Waals surface area contributed by atoms with Crippen molar-refractivity contribution in [2.45, 2.75) is 20.4 Å². The summed E-state index contributed by atoms with van der Waals surface area (Å²) < 4.78 is 13.3. The average molecular weight is 357 g/mol. The highest BCUT2D eigenvalue weighted by Crippen LogP contribution is 2.21. The molecular formula is C19H20FN3O3. The quantitative estimate of drug-likeness (QED) is 0.863. The number of hydrogen-bond donors (Lipinski definition) is 2. The Bertz CT molecular complexity index is 817. The second-order valence-corrected chi connectivity index (χ2v) is 5.95. The lowest BCUT2D eigenvalue weighted by Crippen LogP contribution is -2.26. The second-order valence-electron chi connectivity index (χ2n) is 5.95. The zero-order valence-electron chi connectivity index (χ0n) is 14.8. The molecule has 136 valence electrons. The van der Waals surface area contributed by atoms with Crippen LogP contribution in [0.15, 0.2) is 42.5 Å². The molecule has 0 heterocycles. The van der Waals surface area contributed by atoms with Crippen molar-refractivity contribution >= 4 is 29.1 Å². The fourth-order valence-corrected chi connectivity index (χ4v) is 2.50. The number of nitrogens with zero attached hydrogens (tertiary/aromatic N) is 1. The predicted molar refractivity (Wildman–Crippen MR) is 97.2 cm³/mol. The molecule has 0 radical (unpaired) electrons. The van der Waals surface area contributed by atoms with E-state index in [1.165, 1.54) is 43.0 Å². The molecule has 3 amide bonds.